The molecule has 1 aromatic carbocycles. The molecular formula is C23H29F7O3. The largest absolute Gasteiger partial charge is 0.573 e. The van der Waals surface area contributed by atoms with Gasteiger partial charge >= 0.3 is 12.5 Å². The van der Waals surface area contributed by atoms with Crippen molar-refractivity contribution in [1.29, 1.82) is 0 Å². The summed E-state index contributed by atoms with van der Waals surface area (Å²) in [4.78, 5) is 0. The molecule has 0 aromatic heterocycles. The molecule has 0 N–H and O–H groups in total. The molecule has 3 nitrogen and oxygen atoms in total. The van der Waals surface area contributed by atoms with Gasteiger partial charge in [-0.25, -0.2) is 8.78 Å². The summed E-state index contributed by atoms with van der Waals surface area (Å²) in [5.74, 6) is -6.63. The molecule has 188 valence electrons. The molecular weight excluding hydrogens is 457 g/mol. The van der Waals surface area contributed by atoms with Crippen LogP contribution < -0.4 is 9.47 Å². The number of rotatable bonds is 8. The molecule has 1 aliphatic carbocycles. The van der Waals surface area contributed by atoms with Gasteiger partial charge in [0.2, 0.25) is 5.75 Å². The van der Waals surface area contributed by atoms with Gasteiger partial charge in [-0.15, -0.1) is 13.2 Å². The highest BCUT2D eigenvalue weighted by atomic mass is 19.4. The molecule has 33 heavy (non-hydrogen) atoms. The lowest BCUT2D eigenvalue weighted by Crippen LogP contribution is -2.40. The van der Waals surface area contributed by atoms with Crippen LogP contribution in [0.4, 0.5) is 30.7 Å². The normalized spacial score (nSPS) is 26.8. The van der Waals surface area contributed by atoms with Gasteiger partial charge < -0.3 is 14.2 Å². The molecule has 1 saturated heterocycles. The van der Waals surface area contributed by atoms with Crippen LogP contribution in [0.15, 0.2) is 12.1 Å². The van der Waals surface area contributed by atoms with E-state index in [9.17, 15) is 30.7 Å². The van der Waals surface area contributed by atoms with Gasteiger partial charge in [0.25, 0.3) is 0 Å². The van der Waals surface area contributed by atoms with Gasteiger partial charge in [-0.1, -0.05) is 19.8 Å². The zero-order valence-corrected chi connectivity index (χ0v) is 18.4. The van der Waals surface area contributed by atoms with Crippen molar-refractivity contribution in [2.75, 3.05) is 6.61 Å². The van der Waals surface area contributed by atoms with Gasteiger partial charge in [-0.3, -0.25) is 0 Å². The minimum Gasteiger partial charge on any atom is -0.432 e. The fraction of sp³-hybridized carbons (Fsp3) is 0.739. The van der Waals surface area contributed by atoms with Crippen molar-refractivity contribution in [3.05, 3.63) is 23.8 Å². The third-order valence-corrected chi connectivity index (χ3v) is 6.59. The van der Waals surface area contributed by atoms with Crippen molar-refractivity contribution < 1.29 is 44.9 Å². The second kappa shape index (κ2) is 10.7. The number of unbranched alkanes of at least 4 members (excludes halogenated alkanes) is 1. The molecule has 10 heteroatoms. The highest BCUT2D eigenvalue weighted by molar-refractivity contribution is 5.35. The van der Waals surface area contributed by atoms with E-state index in [1.807, 2.05) is 0 Å². The summed E-state index contributed by atoms with van der Waals surface area (Å²) >= 11 is 0. The predicted octanol–water partition coefficient (Wildman–Crippen LogP) is 7.63. The van der Waals surface area contributed by atoms with Crippen LogP contribution in [0, 0.1) is 29.4 Å². The number of ether oxygens (including phenoxy) is 3. The van der Waals surface area contributed by atoms with E-state index in [0.717, 1.165) is 25.7 Å². The van der Waals surface area contributed by atoms with Crippen LogP contribution in [0.25, 0.3) is 0 Å². The van der Waals surface area contributed by atoms with E-state index in [1.165, 1.54) is 6.42 Å². The first-order valence-electron chi connectivity index (χ1n) is 11.4. The molecule has 1 heterocycles. The van der Waals surface area contributed by atoms with Crippen LogP contribution in [0.2, 0.25) is 0 Å². The first kappa shape index (κ1) is 25.9. The average Bonchev–Trinajstić information content (AvgIpc) is 2.74. The van der Waals surface area contributed by atoms with Crippen molar-refractivity contribution in [3.8, 4) is 11.5 Å². The van der Waals surface area contributed by atoms with Crippen LogP contribution in [0.5, 0.6) is 11.5 Å². The Hall–Kier alpha value is -1.71. The Morgan fingerprint density at radius 1 is 0.909 bits per heavy atom. The fourth-order valence-corrected chi connectivity index (χ4v) is 4.79. The first-order chi connectivity index (χ1) is 15.5. The van der Waals surface area contributed by atoms with Gasteiger partial charge in [-0.05, 0) is 56.8 Å². The number of benzene rings is 1. The highest BCUT2D eigenvalue weighted by Crippen LogP contribution is 2.43. The van der Waals surface area contributed by atoms with Gasteiger partial charge in [-0.2, -0.15) is 8.78 Å². The monoisotopic (exact) mass is 486 g/mol. The van der Waals surface area contributed by atoms with Gasteiger partial charge in [0.05, 0.1) is 12.0 Å². The smallest absolute Gasteiger partial charge is 0.432 e. The number of hydrogen-bond donors (Lipinski definition) is 0. The number of halogens is 7. The summed E-state index contributed by atoms with van der Waals surface area (Å²) in [7, 11) is 0. The van der Waals surface area contributed by atoms with Crippen LogP contribution in [-0.2, 0) is 4.74 Å². The van der Waals surface area contributed by atoms with Crippen LogP contribution in [0.3, 0.4) is 0 Å². The lowest BCUT2D eigenvalue weighted by atomic mass is 9.76. The molecule has 0 spiro atoms. The third kappa shape index (κ3) is 7.13. The van der Waals surface area contributed by atoms with Crippen molar-refractivity contribution >= 4 is 0 Å². The molecule has 2 atom stereocenters. The summed E-state index contributed by atoms with van der Waals surface area (Å²) in [5.41, 5.74) is 0. The Bertz CT molecular complexity index is 745. The minimum atomic E-state index is -5.33. The van der Waals surface area contributed by atoms with Crippen molar-refractivity contribution in [2.24, 2.45) is 17.8 Å². The maximum Gasteiger partial charge on any atom is 0.573 e. The number of alkyl halides is 5. The van der Waals surface area contributed by atoms with E-state index < -0.39 is 41.5 Å². The Balaban J connectivity index is 1.53. The van der Waals surface area contributed by atoms with Crippen LogP contribution >= 0.6 is 0 Å². The first-order valence-corrected chi connectivity index (χ1v) is 11.4. The Morgan fingerprint density at radius 3 is 2.06 bits per heavy atom. The van der Waals surface area contributed by atoms with Gasteiger partial charge in [0, 0.05) is 18.7 Å². The van der Waals surface area contributed by atoms with E-state index >= 15 is 0 Å². The fourth-order valence-electron chi connectivity index (χ4n) is 4.79. The third-order valence-electron chi connectivity index (χ3n) is 6.59. The second-order valence-corrected chi connectivity index (χ2v) is 9.00. The topological polar surface area (TPSA) is 27.7 Å². The van der Waals surface area contributed by atoms with E-state index in [2.05, 4.69) is 16.4 Å². The Kier molecular flexibility index (Phi) is 8.40. The predicted molar refractivity (Wildman–Crippen MR) is 106 cm³/mol. The van der Waals surface area contributed by atoms with Crippen molar-refractivity contribution in [2.45, 2.75) is 83.3 Å². The Morgan fingerprint density at radius 2 is 1.55 bits per heavy atom. The second-order valence-electron chi connectivity index (χ2n) is 9.00. The van der Waals surface area contributed by atoms with Crippen molar-refractivity contribution in [3.63, 3.8) is 0 Å². The summed E-state index contributed by atoms with van der Waals surface area (Å²) in [6, 6.07) is 0.517. The molecule has 2 unspecified atom stereocenters. The van der Waals surface area contributed by atoms with E-state index in [4.69, 9.17) is 4.74 Å². The maximum atomic E-state index is 14.7. The minimum absolute atomic E-state index is 0.0581. The average molecular weight is 486 g/mol. The van der Waals surface area contributed by atoms with Crippen molar-refractivity contribution in [1.82, 2.24) is 0 Å². The molecule has 1 aromatic rings. The summed E-state index contributed by atoms with van der Waals surface area (Å²) in [6.07, 6.45) is -2.20. The molecule has 1 saturated carbocycles. The van der Waals surface area contributed by atoms with Crippen LogP contribution in [0.1, 0.15) is 64.7 Å². The Labute approximate surface area is 188 Å². The van der Waals surface area contributed by atoms with E-state index in [-0.39, 0.29) is 37.0 Å². The molecule has 0 amide bonds. The molecule has 3 rings (SSSR count). The maximum absolute atomic E-state index is 14.7. The molecule has 2 aliphatic rings. The van der Waals surface area contributed by atoms with Gasteiger partial charge in [0.1, 0.15) is 5.75 Å². The summed E-state index contributed by atoms with van der Waals surface area (Å²) in [6.45, 7) is 2.85. The molecule has 0 bridgehead atoms. The van der Waals surface area contributed by atoms with Gasteiger partial charge in [0.15, 0.2) is 11.6 Å². The lowest BCUT2D eigenvalue weighted by Gasteiger charge is -2.39. The quantitative estimate of drug-likeness (QED) is 0.354. The summed E-state index contributed by atoms with van der Waals surface area (Å²) < 4.78 is 107. The highest BCUT2D eigenvalue weighted by Gasteiger charge is 2.45. The zero-order chi connectivity index (χ0) is 24.2. The number of hydrogen-bond acceptors (Lipinski definition) is 3. The van der Waals surface area contributed by atoms with Crippen LogP contribution in [-0.4, -0.2) is 25.2 Å². The molecule has 1 aliphatic heterocycles. The zero-order valence-electron chi connectivity index (χ0n) is 18.4. The summed E-state index contributed by atoms with van der Waals surface area (Å²) in [5, 5.41) is 0. The SMILES string of the molecule is CCCCC1CCC(C2CCC(C(F)(F)Oc3cc(F)c(OC(F)(F)F)c(F)c3)CC2)OC1. The molecule has 0 radical (unpaired) electrons. The lowest BCUT2D eigenvalue weighted by molar-refractivity contribution is -0.276. The standard InChI is InChI=1S/C23H29F7O3/c1-2-3-4-14-5-10-20(31-13-14)15-6-8-16(9-7-15)22(26,27)32-17-11-18(24)21(19(25)12-17)33-23(28,29)30/h11-12,14-16,20H,2-10,13H2,1H3. The molecule has 2 fully saturated rings. The van der Waals surface area contributed by atoms with E-state index in [1.54, 1.807) is 0 Å². The van der Waals surface area contributed by atoms with E-state index in [0.29, 0.717) is 25.4 Å².